The highest BCUT2D eigenvalue weighted by Crippen LogP contribution is 2.35. The summed E-state index contributed by atoms with van der Waals surface area (Å²) in [4.78, 5) is 14.5. The predicted molar refractivity (Wildman–Crippen MR) is 179 cm³/mol. The number of benzene rings is 6. The Bertz CT molecular complexity index is 2310. The summed E-state index contributed by atoms with van der Waals surface area (Å²) in [6.07, 6.45) is 0. The molecule has 0 amide bonds. The number of aromatic nitrogens is 3. The van der Waals surface area contributed by atoms with Gasteiger partial charge in [-0.3, -0.25) is 0 Å². The van der Waals surface area contributed by atoms with Gasteiger partial charge in [0, 0.05) is 27.5 Å². The smallest absolute Gasteiger partial charge is 0.164 e. The molecule has 0 bridgehead atoms. The summed E-state index contributed by atoms with van der Waals surface area (Å²) in [5.74, 6) is 1.90. The standard InChI is InChI=1S/C40H24N4O/c41-25-26-8-7-13-31(22-26)33-19-21-37-35(24-33)34-23-32(18-20-36(34)45-37)27-14-16-30(17-15-27)40-43-38(28-9-3-1-4-10-28)42-39(44-40)29-11-5-2-6-12-29/h1-24H. The molecular formula is C40H24N4O. The van der Waals surface area contributed by atoms with Crippen molar-refractivity contribution >= 4 is 21.9 Å². The van der Waals surface area contributed by atoms with E-state index in [-0.39, 0.29) is 0 Å². The van der Waals surface area contributed by atoms with Crippen LogP contribution in [0.1, 0.15) is 5.56 Å². The fourth-order valence-corrected chi connectivity index (χ4v) is 5.65. The van der Waals surface area contributed by atoms with E-state index in [9.17, 15) is 5.26 Å². The van der Waals surface area contributed by atoms with Crippen LogP contribution in [0.25, 0.3) is 78.4 Å². The van der Waals surface area contributed by atoms with Gasteiger partial charge in [0.2, 0.25) is 0 Å². The minimum atomic E-state index is 0.624. The summed E-state index contributed by atoms with van der Waals surface area (Å²) in [6.45, 7) is 0. The molecule has 6 aromatic carbocycles. The Hall–Kier alpha value is -6.38. The molecule has 8 rings (SSSR count). The molecule has 0 aliphatic heterocycles. The van der Waals surface area contributed by atoms with E-state index in [4.69, 9.17) is 19.4 Å². The van der Waals surface area contributed by atoms with Gasteiger partial charge in [0.15, 0.2) is 17.5 Å². The van der Waals surface area contributed by atoms with Crippen molar-refractivity contribution in [3.05, 3.63) is 151 Å². The molecule has 0 saturated carbocycles. The molecule has 8 aromatic rings. The molecule has 0 aliphatic rings. The van der Waals surface area contributed by atoms with Gasteiger partial charge in [0.1, 0.15) is 11.2 Å². The van der Waals surface area contributed by atoms with Crippen molar-refractivity contribution in [2.24, 2.45) is 0 Å². The fourth-order valence-electron chi connectivity index (χ4n) is 5.65. The maximum absolute atomic E-state index is 9.35. The summed E-state index contributed by atoms with van der Waals surface area (Å²) < 4.78 is 6.18. The lowest BCUT2D eigenvalue weighted by molar-refractivity contribution is 0.669. The zero-order valence-corrected chi connectivity index (χ0v) is 24.1. The number of hydrogen-bond donors (Lipinski definition) is 0. The topological polar surface area (TPSA) is 75.6 Å². The van der Waals surface area contributed by atoms with E-state index in [0.717, 1.165) is 60.9 Å². The van der Waals surface area contributed by atoms with Crippen LogP contribution in [0.15, 0.2) is 150 Å². The van der Waals surface area contributed by atoms with Gasteiger partial charge in [0.25, 0.3) is 0 Å². The summed E-state index contributed by atoms with van der Waals surface area (Å²) in [6, 6.07) is 50.7. The van der Waals surface area contributed by atoms with Crippen molar-refractivity contribution in [2.75, 3.05) is 0 Å². The lowest BCUT2D eigenvalue weighted by Crippen LogP contribution is -2.00. The Balaban J connectivity index is 1.17. The van der Waals surface area contributed by atoms with Crippen LogP contribution < -0.4 is 0 Å². The van der Waals surface area contributed by atoms with Crippen LogP contribution in [0.3, 0.4) is 0 Å². The van der Waals surface area contributed by atoms with Crippen LogP contribution >= 0.6 is 0 Å². The Morgan fingerprint density at radius 3 is 1.36 bits per heavy atom. The molecule has 0 spiro atoms. The SMILES string of the molecule is N#Cc1cccc(-c2ccc3oc4ccc(-c5ccc(-c6nc(-c7ccccc7)nc(-c7ccccc7)n6)cc5)cc4c3c2)c1. The van der Waals surface area contributed by atoms with Crippen LogP contribution in [-0.2, 0) is 0 Å². The molecule has 0 saturated heterocycles. The van der Waals surface area contributed by atoms with E-state index < -0.39 is 0 Å². The van der Waals surface area contributed by atoms with Gasteiger partial charge in [-0.15, -0.1) is 0 Å². The van der Waals surface area contributed by atoms with Crippen LogP contribution in [0.5, 0.6) is 0 Å². The molecule has 5 heteroatoms. The summed E-state index contributed by atoms with van der Waals surface area (Å²) in [7, 11) is 0. The number of rotatable bonds is 5. The summed E-state index contributed by atoms with van der Waals surface area (Å²) >= 11 is 0. The van der Waals surface area contributed by atoms with Gasteiger partial charge in [-0.2, -0.15) is 5.26 Å². The monoisotopic (exact) mass is 576 g/mol. The molecule has 0 radical (unpaired) electrons. The number of nitriles is 1. The third-order valence-electron chi connectivity index (χ3n) is 7.97. The summed E-state index contributed by atoms with van der Waals surface area (Å²) in [5, 5.41) is 11.4. The minimum absolute atomic E-state index is 0.624. The first-order valence-corrected chi connectivity index (χ1v) is 14.7. The second kappa shape index (κ2) is 11.0. The molecule has 2 aromatic heterocycles. The normalized spacial score (nSPS) is 11.1. The van der Waals surface area contributed by atoms with Gasteiger partial charge < -0.3 is 4.42 Å². The zero-order valence-electron chi connectivity index (χ0n) is 24.1. The van der Waals surface area contributed by atoms with Crippen LogP contribution in [0.4, 0.5) is 0 Å². The van der Waals surface area contributed by atoms with Crippen molar-refractivity contribution in [1.29, 1.82) is 5.26 Å². The Labute approximate surface area is 259 Å². The number of fused-ring (bicyclic) bond motifs is 3. The average Bonchev–Trinajstić information content (AvgIpc) is 3.49. The second-order valence-corrected chi connectivity index (χ2v) is 10.8. The van der Waals surface area contributed by atoms with Crippen molar-refractivity contribution in [3.63, 3.8) is 0 Å². The van der Waals surface area contributed by atoms with Gasteiger partial charge in [-0.05, 0) is 58.7 Å². The highest BCUT2D eigenvalue weighted by molar-refractivity contribution is 6.07. The lowest BCUT2D eigenvalue weighted by atomic mass is 9.99. The van der Waals surface area contributed by atoms with Crippen molar-refractivity contribution in [2.45, 2.75) is 0 Å². The molecule has 5 nitrogen and oxygen atoms in total. The molecule has 45 heavy (non-hydrogen) atoms. The van der Waals surface area contributed by atoms with Crippen LogP contribution in [0.2, 0.25) is 0 Å². The number of furan rings is 1. The van der Waals surface area contributed by atoms with Crippen LogP contribution in [-0.4, -0.2) is 15.0 Å². The van der Waals surface area contributed by atoms with Crippen LogP contribution in [0, 0.1) is 11.3 Å². The average molecular weight is 577 g/mol. The lowest BCUT2D eigenvalue weighted by Gasteiger charge is -2.09. The molecule has 0 fully saturated rings. The molecule has 0 aliphatic carbocycles. The highest BCUT2D eigenvalue weighted by Gasteiger charge is 2.14. The van der Waals surface area contributed by atoms with E-state index >= 15 is 0 Å². The molecule has 210 valence electrons. The first kappa shape index (κ1) is 26.3. The van der Waals surface area contributed by atoms with E-state index in [2.05, 4.69) is 48.5 Å². The van der Waals surface area contributed by atoms with E-state index in [1.807, 2.05) is 103 Å². The molecule has 0 unspecified atom stereocenters. The first-order valence-electron chi connectivity index (χ1n) is 14.7. The molecule has 0 atom stereocenters. The Kier molecular flexibility index (Phi) is 6.44. The number of nitrogens with zero attached hydrogens (tertiary/aromatic N) is 4. The van der Waals surface area contributed by atoms with Crippen molar-refractivity contribution in [1.82, 2.24) is 15.0 Å². The van der Waals surface area contributed by atoms with E-state index in [1.54, 1.807) is 0 Å². The number of hydrogen-bond acceptors (Lipinski definition) is 5. The maximum atomic E-state index is 9.35. The van der Waals surface area contributed by atoms with Gasteiger partial charge in [0.05, 0.1) is 11.6 Å². The largest absolute Gasteiger partial charge is 0.456 e. The highest BCUT2D eigenvalue weighted by atomic mass is 16.3. The quantitative estimate of drug-likeness (QED) is 0.204. The molecule has 2 heterocycles. The van der Waals surface area contributed by atoms with E-state index in [1.165, 1.54) is 0 Å². The van der Waals surface area contributed by atoms with E-state index in [0.29, 0.717) is 23.0 Å². The third-order valence-corrected chi connectivity index (χ3v) is 7.97. The minimum Gasteiger partial charge on any atom is -0.456 e. The third kappa shape index (κ3) is 5.01. The zero-order chi connectivity index (χ0) is 30.2. The Morgan fingerprint density at radius 2 is 0.822 bits per heavy atom. The predicted octanol–water partition coefficient (Wildman–Crippen LogP) is 9.98. The van der Waals surface area contributed by atoms with Gasteiger partial charge in [-0.25, -0.2) is 15.0 Å². The second-order valence-electron chi connectivity index (χ2n) is 10.8. The van der Waals surface area contributed by atoms with Gasteiger partial charge >= 0.3 is 0 Å². The van der Waals surface area contributed by atoms with Gasteiger partial charge in [-0.1, -0.05) is 109 Å². The molecule has 0 N–H and O–H groups in total. The maximum Gasteiger partial charge on any atom is 0.164 e. The fraction of sp³-hybridized carbons (Fsp3) is 0. The first-order chi connectivity index (χ1) is 22.2. The molecular weight excluding hydrogens is 552 g/mol. The van der Waals surface area contributed by atoms with Crippen molar-refractivity contribution in [3.8, 4) is 62.5 Å². The summed E-state index contributed by atoms with van der Waals surface area (Å²) in [5.41, 5.74) is 9.30. The van der Waals surface area contributed by atoms with Crippen molar-refractivity contribution < 1.29 is 4.42 Å². The Morgan fingerprint density at radius 1 is 0.400 bits per heavy atom.